The number of nitrogens with zero attached hydrogens (tertiary/aromatic N) is 2. The van der Waals surface area contributed by atoms with E-state index in [4.69, 9.17) is 9.15 Å². The molecule has 0 aliphatic rings. The van der Waals surface area contributed by atoms with Crippen LogP contribution in [-0.2, 0) is 4.74 Å². The molecule has 0 atom stereocenters. The second-order valence-electron chi connectivity index (χ2n) is 5.15. The highest BCUT2D eigenvalue weighted by molar-refractivity contribution is 7.12. The highest BCUT2D eigenvalue weighted by Crippen LogP contribution is 2.21. The van der Waals surface area contributed by atoms with Crippen molar-refractivity contribution in [2.45, 2.75) is 13.8 Å². The molecule has 122 valence electrons. The van der Waals surface area contributed by atoms with Gasteiger partial charge in [-0.15, -0.1) is 21.5 Å². The Kier molecular flexibility index (Phi) is 4.52. The maximum atomic E-state index is 12.1. The lowest BCUT2D eigenvalue weighted by Crippen LogP contribution is -2.14. The number of hydrogen-bond donors (Lipinski definition) is 0. The van der Waals surface area contributed by atoms with E-state index < -0.39 is 5.97 Å². The Morgan fingerprint density at radius 1 is 1.21 bits per heavy atom. The van der Waals surface area contributed by atoms with E-state index in [-0.39, 0.29) is 12.4 Å². The van der Waals surface area contributed by atoms with Gasteiger partial charge < -0.3 is 9.15 Å². The smallest absolute Gasteiger partial charge is 0.338 e. The van der Waals surface area contributed by atoms with Gasteiger partial charge in [-0.25, -0.2) is 4.79 Å². The fourth-order valence-corrected chi connectivity index (χ4v) is 3.19. The van der Waals surface area contributed by atoms with Gasteiger partial charge in [-0.05, 0) is 44.2 Å². The van der Waals surface area contributed by atoms with Crippen LogP contribution in [0, 0.1) is 13.8 Å². The molecule has 0 saturated carbocycles. The van der Waals surface area contributed by atoms with Gasteiger partial charge >= 0.3 is 5.97 Å². The highest BCUT2D eigenvalue weighted by Gasteiger charge is 2.15. The molecule has 0 fully saturated rings. The molecule has 0 bridgehead atoms. The van der Waals surface area contributed by atoms with E-state index in [1.807, 2.05) is 19.9 Å². The average molecular weight is 342 g/mol. The van der Waals surface area contributed by atoms with Crippen LogP contribution in [-0.4, -0.2) is 28.6 Å². The van der Waals surface area contributed by atoms with Crippen molar-refractivity contribution in [3.8, 4) is 11.5 Å². The number of aromatic nitrogens is 2. The minimum Gasteiger partial charge on any atom is -0.454 e. The zero-order valence-electron chi connectivity index (χ0n) is 13.1. The van der Waals surface area contributed by atoms with Gasteiger partial charge in [0.1, 0.15) is 0 Å². The molecular weight excluding hydrogens is 328 g/mol. The maximum Gasteiger partial charge on any atom is 0.338 e. The molecule has 2 aromatic heterocycles. The fraction of sp³-hybridized carbons (Fsp3) is 0.176. The van der Waals surface area contributed by atoms with E-state index in [1.165, 1.54) is 6.39 Å². The van der Waals surface area contributed by atoms with Crippen LogP contribution in [0.15, 0.2) is 41.1 Å². The van der Waals surface area contributed by atoms with Crippen LogP contribution < -0.4 is 0 Å². The Morgan fingerprint density at radius 3 is 2.54 bits per heavy atom. The quantitative estimate of drug-likeness (QED) is 0.522. The summed E-state index contributed by atoms with van der Waals surface area (Å²) in [7, 11) is 0. The van der Waals surface area contributed by atoms with E-state index in [0.29, 0.717) is 22.6 Å². The number of esters is 1. The van der Waals surface area contributed by atoms with Crippen molar-refractivity contribution in [1.29, 1.82) is 0 Å². The molecule has 0 unspecified atom stereocenters. The summed E-state index contributed by atoms with van der Waals surface area (Å²) in [6, 6.07) is 8.35. The molecular formula is C17H14N2O4S. The normalized spacial score (nSPS) is 10.6. The molecule has 0 aliphatic carbocycles. The number of carbonyl (C=O) groups is 2. The summed E-state index contributed by atoms with van der Waals surface area (Å²) >= 11 is 1.55. The molecule has 1 aromatic carbocycles. The Labute approximate surface area is 142 Å². The van der Waals surface area contributed by atoms with Gasteiger partial charge in [0.15, 0.2) is 6.61 Å². The van der Waals surface area contributed by atoms with Crippen molar-refractivity contribution in [3.05, 3.63) is 57.6 Å². The van der Waals surface area contributed by atoms with Crippen LogP contribution in [0.3, 0.4) is 0 Å². The number of rotatable bonds is 5. The predicted molar refractivity (Wildman–Crippen MR) is 88.1 cm³/mol. The molecule has 7 heteroatoms. The average Bonchev–Trinajstić information content (AvgIpc) is 3.22. The Morgan fingerprint density at radius 2 is 1.96 bits per heavy atom. The summed E-state index contributed by atoms with van der Waals surface area (Å²) in [5.41, 5.74) is 1.66. The third-order valence-electron chi connectivity index (χ3n) is 3.40. The van der Waals surface area contributed by atoms with Crippen LogP contribution in [0.4, 0.5) is 0 Å². The second-order valence-corrected chi connectivity index (χ2v) is 6.61. The SMILES string of the molecule is Cc1cc(C(=O)COC(=O)c2ccc(-c3nnco3)cc2)c(C)s1. The largest absolute Gasteiger partial charge is 0.454 e. The van der Waals surface area contributed by atoms with Crippen LogP contribution in [0.25, 0.3) is 11.5 Å². The number of benzene rings is 1. The van der Waals surface area contributed by atoms with Crippen molar-refractivity contribution < 1.29 is 18.7 Å². The molecule has 0 amide bonds. The summed E-state index contributed by atoms with van der Waals surface area (Å²) in [4.78, 5) is 26.2. The van der Waals surface area contributed by atoms with Crippen molar-refractivity contribution in [2.24, 2.45) is 0 Å². The highest BCUT2D eigenvalue weighted by atomic mass is 32.1. The summed E-state index contributed by atoms with van der Waals surface area (Å²) in [6.45, 7) is 3.54. The van der Waals surface area contributed by atoms with E-state index in [0.717, 1.165) is 9.75 Å². The van der Waals surface area contributed by atoms with Gasteiger partial charge in [-0.3, -0.25) is 4.79 Å². The standard InChI is InChI=1S/C17H14N2O4S/c1-10-7-14(11(2)24-10)15(20)8-22-17(21)13-5-3-12(4-6-13)16-19-18-9-23-16/h3-7,9H,8H2,1-2H3. The van der Waals surface area contributed by atoms with E-state index in [2.05, 4.69) is 10.2 Å². The molecule has 0 radical (unpaired) electrons. The Balaban J connectivity index is 1.63. The van der Waals surface area contributed by atoms with Gasteiger partial charge in [-0.1, -0.05) is 0 Å². The van der Waals surface area contributed by atoms with Gasteiger partial charge in [0, 0.05) is 20.9 Å². The molecule has 0 aliphatic heterocycles. The van der Waals surface area contributed by atoms with Crippen LogP contribution >= 0.6 is 11.3 Å². The summed E-state index contributed by atoms with van der Waals surface area (Å²) in [6.07, 6.45) is 1.23. The summed E-state index contributed by atoms with van der Waals surface area (Å²) < 4.78 is 10.2. The summed E-state index contributed by atoms with van der Waals surface area (Å²) in [5.74, 6) is -0.383. The predicted octanol–water partition coefficient (Wildman–Crippen LogP) is 3.45. The molecule has 0 saturated heterocycles. The zero-order chi connectivity index (χ0) is 17.1. The monoisotopic (exact) mass is 342 g/mol. The van der Waals surface area contributed by atoms with Gasteiger partial charge in [0.25, 0.3) is 0 Å². The van der Waals surface area contributed by atoms with Crippen LogP contribution in [0.1, 0.15) is 30.5 Å². The fourth-order valence-electron chi connectivity index (χ4n) is 2.25. The molecule has 6 nitrogen and oxygen atoms in total. The first-order chi connectivity index (χ1) is 11.5. The van der Waals surface area contributed by atoms with Crippen LogP contribution in [0.5, 0.6) is 0 Å². The first-order valence-electron chi connectivity index (χ1n) is 7.18. The number of Topliss-reactive ketones (excluding diaryl/α,β-unsaturated/α-hetero) is 1. The zero-order valence-corrected chi connectivity index (χ0v) is 13.9. The third-order valence-corrected chi connectivity index (χ3v) is 4.37. The lowest BCUT2D eigenvalue weighted by atomic mass is 10.1. The minimum absolute atomic E-state index is 0.201. The molecule has 0 N–H and O–H groups in total. The molecule has 3 aromatic rings. The van der Waals surface area contributed by atoms with E-state index >= 15 is 0 Å². The third kappa shape index (κ3) is 3.41. The lowest BCUT2D eigenvalue weighted by Gasteiger charge is -2.04. The van der Waals surface area contributed by atoms with Crippen molar-refractivity contribution >= 4 is 23.1 Å². The van der Waals surface area contributed by atoms with Gasteiger partial charge in [0.05, 0.1) is 5.56 Å². The molecule has 3 rings (SSSR count). The first-order valence-corrected chi connectivity index (χ1v) is 8.00. The minimum atomic E-state index is -0.551. The van der Waals surface area contributed by atoms with E-state index in [9.17, 15) is 9.59 Å². The van der Waals surface area contributed by atoms with Gasteiger partial charge in [-0.2, -0.15) is 0 Å². The topological polar surface area (TPSA) is 82.3 Å². The summed E-state index contributed by atoms with van der Waals surface area (Å²) in [5, 5.41) is 7.39. The number of carbonyl (C=O) groups excluding carboxylic acids is 2. The van der Waals surface area contributed by atoms with Crippen molar-refractivity contribution in [1.82, 2.24) is 10.2 Å². The lowest BCUT2D eigenvalue weighted by molar-refractivity contribution is 0.0474. The van der Waals surface area contributed by atoms with Crippen LogP contribution in [0.2, 0.25) is 0 Å². The molecule has 0 spiro atoms. The Hall–Kier alpha value is -2.80. The van der Waals surface area contributed by atoms with Crippen molar-refractivity contribution in [2.75, 3.05) is 6.61 Å². The maximum absolute atomic E-state index is 12.1. The number of aryl methyl sites for hydroxylation is 2. The Bertz CT molecular complexity index is 867. The number of hydrogen-bond acceptors (Lipinski definition) is 7. The molecule has 2 heterocycles. The second kappa shape index (κ2) is 6.76. The van der Waals surface area contributed by atoms with Gasteiger partial charge in [0.2, 0.25) is 18.1 Å². The van der Waals surface area contributed by atoms with Crippen molar-refractivity contribution in [3.63, 3.8) is 0 Å². The number of thiophene rings is 1. The number of ketones is 1. The first kappa shape index (κ1) is 16.1. The molecule has 24 heavy (non-hydrogen) atoms. The van der Waals surface area contributed by atoms with E-state index in [1.54, 1.807) is 35.6 Å². The number of ether oxygens (including phenoxy) is 1.